The first-order chi connectivity index (χ1) is 9.61. The minimum absolute atomic E-state index is 0.203. The van der Waals surface area contributed by atoms with E-state index in [1.165, 1.54) is 0 Å². The molecule has 0 aliphatic carbocycles. The fourth-order valence-electron chi connectivity index (χ4n) is 2.27. The molecule has 0 saturated carbocycles. The standard InChI is InChI=1S/C18H20O2/c1-13-6-4-9-17(14(13)2)18(19)11-10-15-7-5-8-16(12-15)20-3/h4-9,12H,10-11H2,1-3H3. The maximum absolute atomic E-state index is 12.3. The first-order valence-electron chi connectivity index (χ1n) is 6.84. The molecule has 0 atom stereocenters. The largest absolute Gasteiger partial charge is 0.497 e. The molecule has 0 radical (unpaired) electrons. The quantitative estimate of drug-likeness (QED) is 0.762. The zero-order chi connectivity index (χ0) is 14.5. The third kappa shape index (κ3) is 3.27. The molecule has 2 rings (SSSR count). The highest BCUT2D eigenvalue weighted by molar-refractivity contribution is 5.97. The summed E-state index contributed by atoms with van der Waals surface area (Å²) >= 11 is 0. The summed E-state index contributed by atoms with van der Waals surface area (Å²) in [5.41, 5.74) is 4.22. The second-order valence-electron chi connectivity index (χ2n) is 5.02. The fourth-order valence-corrected chi connectivity index (χ4v) is 2.27. The summed E-state index contributed by atoms with van der Waals surface area (Å²) in [5.74, 6) is 1.04. The number of ketones is 1. The van der Waals surface area contributed by atoms with E-state index in [0.717, 1.165) is 34.4 Å². The molecule has 20 heavy (non-hydrogen) atoms. The van der Waals surface area contributed by atoms with Gasteiger partial charge in [0.25, 0.3) is 0 Å². The summed E-state index contributed by atoms with van der Waals surface area (Å²) in [5, 5.41) is 0. The molecular weight excluding hydrogens is 248 g/mol. The van der Waals surface area contributed by atoms with Gasteiger partial charge in [-0.15, -0.1) is 0 Å². The molecule has 2 heteroatoms. The Hall–Kier alpha value is -2.09. The van der Waals surface area contributed by atoms with Crippen molar-refractivity contribution in [3.8, 4) is 5.75 Å². The van der Waals surface area contributed by atoms with Crippen LogP contribution in [0, 0.1) is 13.8 Å². The number of aryl methyl sites for hydroxylation is 2. The van der Waals surface area contributed by atoms with Crippen LogP contribution < -0.4 is 4.74 Å². The normalized spacial score (nSPS) is 10.3. The Morgan fingerprint density at radius 3 is 2.60 bits per heavy atom. The van der Waals surface area contributed by atoms with Crippen LogP contribution in [0.25, 0.3) is 0 Å². The van der Waals surface area contributed by atoms with E-state index < -0.39 is 0 Å². The number of Topliss-reactive ketones (excluding diaryl/α,β-unsaturated/α-hetero) is 1. The third-order valence-electron chi connectivity index (χ3n) is 3.68. The highest BCUT2D eigenvalue weighted by Gasteiger charge is 2.10. The van der Waals surface area contributed by atoms with Gasteiger partial charge in [-0.2, -0.15) is 0 Å². The maximum atomic E-state index is 12.3. The summed E-state index contributed by atoms with van der Waals surface area (Å²) in [7, 11) is 1.65. The molecular formula is C18H20O2. The molecule has 0 saturated heterocycles. The van der Waals surface area contributed by atoms with Gasteiger partial charge < -0.3 is 4.74 Å². The lowest BCUT2D eigenvalue weighted by molar-refractivity contribution is 0.0982. The van der Waals surface area contributed by atoms with Crippen LogP contribution in [0.2, 0.25) is 0 Å². The average molecular weight is 268 g/mol. The van der Waals surface area contributed by atoms with Crippen LogP contribution in [0.4, 0.5) is 0 Å². The Kier molecular flexibility index (Phi) is 4.57. The number of carbonyl (C=O) groups excluding carboxylic acids is 1. The van der Waals surface area contributed by atoms with Gasteiger partial charge in [0, 0.05) is 12.0 Å². The molecule has 0 N–H and O–H groups in total. The van der Waals surface area contributed by atoms with E-state index in [0.29, 0.717) is 6.42 Å². The SMILES string of the molecule is COc1cccc(CCC(=O)c2cccc(C)c2C)c1. The van der Waals surface area contributed by atoms with E-state index in [1.807, 2.05) is 56.3 Å². The number of hydrogen-bond donors (Lipinski definition) is 0. The first kappa shape index (κ1) is 14.3. The van der Waals surface area contributed by atoms with Crippen molar-refractivity contribution in [3.63, 3.8) is 0 Å². The molecule has 2 nitrogen and oxygen atoms in total. The van der Waals surface area contributed by atoms with E-state index >= 15 is 0 Å². The number of ether oxygens (including phenoxy) is 1. The predicted molar refractivity (Wildman–Crippen MR) is 81.6 cm³/mol. The van der Waals surface area contributed by atoms with Crippen LogP contribution in [0.3, 0.4) is 0 Å². The number of carbonyl (C=O) groups is 1. The third-order valence-corrected chi connectivity index (χ3v) is 3.68. The first-order valence-corrected chi connectivity index (χ1v) is 6.84. The summed E-state index contributed by atoms with van der Waals surface area (Å²) in [6.45, 7) is 4.04. The van der Waals surface area contributed by atoms with Crippen molar-refractivity contribution in [3.05, 3.63) is 64.7 Å². The van der Waals surface area contributed by atoms with Crippen molar-refractivity contribution in [1.82, 2.24) is 0 Å². The molecule has 0 heterocycles. The maximum Gasteiger partial charge on any atom is 0.163 e. The van der Waals surface area contributed by atoms with Gasteiger partial charge in [-0.1, -0.05) is 30.3 Å². The Labute approximate surface area is 120 Å². The topological polar surface area (TPSA) is 26.3 Å². The van der Waals surface area contributed by atoms with Crippen molar-refractivity contribution in [2.75, 3.05) is 7.11 Å². The number of rotatable bonds is 5. The van der Waals surface area contributed by atoms with Crippen LogP contribution in [-0.2, 0) is 6.42 Å². The average Bonchev–Trinajstić information content (AvgIpc) is 2.48. The number of benzene rings is 2. The second kappa shape index (κ2) is 6.38. The van der Waals surface area contributed by atoms with Gasteiger partial charge in [-0.25, -0.2) is 0 Å². The van der Waals surface area contributed by atoms with E-state index in [2.05, 4.69) is 0 Å². The zero-order valence-corrected chi connectivity index (χ0v) is 12.3. The molecule has 2 aromatic carbocycles. The van der Waals surface area contributed by atoms with Crippen LogP contribution in [0.15, 0.2) is 42.5 Å². The van der Waals surface area contributed by atoms with Crippen LogP contribution >= 0.6 is 0 Å². The monoisotopic (exact) mass is 268 g/mol. The lowest BCUT2D eigenvalue weighted by Gasteiger charge is -2.08. The molecule has 0 unspecified atom stereocenters. The minimum atomic E-state index is 0.203. The second-order valence-corrected chi connectivity index (χ2v) is 5.02. The molecule has 0 aliphatic rings. The van der Waals surface area contributed by atoms with Crippen LogP contribution in [0.5, 0.6) is 5.75 Å². The van der Waals surface area contributed by atoms with Gasteiger partial charge >= 0.3 is 0 Å². The van der Waals surface area contributed by atoms with Gasteiger partial charge in [0.1, 0.15) is 5.75 Å². The lowest BCUT2D eigenvalue weighted by atomic mass is 9.96. The van der Waals surface area contributed by atoms with Gasteiger partial charge in [-0.3, -0.25) is 4.79 Å². The van der Waals surface area contributed by atoms with Crippen LogP contribution in [0.1, 0.15) is 33.5 Å². The van der Waals surface area contributed by atoms with Crippen molar-refractivity contribution < 1.29 is 9.53 Å². The van der Waals surface area contributed by atoms with Crippen LogP contribution in [-0.4, -0.2) is 12.9 Å². The Morgan fingerprint density at radius 1 is 1.10 bits per heavy atom. The van der Waals surface area contributed by atoms with Gasteiger partial charge in [0.15, 0.2) is 5.78 Å². The Balaban J connectivity index is 2.06. The number of methoxy groups -OCH3 is 1. The molecule has 0 aromatic heterocycles. The highest BCUT2D eigenvalue weighted by Crippen LogP contribution is 2.18. The predicted octanol–water partition coefficient (Wildman–Crippen LogP) is 4.13. The molecule has 2 aromatic rings. The summed E-state index contributed by atoms with van der Waals surface area (Å²) in [6, 6.07) is 13.8. The van der Waals surface area contributed by atoms with Crippen molar-refractivity contribution in [2.45, 2.75) is 26.7 Å². The van der Waals surface area contributed by atoms with E-state index in [-0.39, 0.29) is 5.78 Å². The molecule has 0 spiro atoms. The molecule has 0 fully saturated rings. The number of hydrogen-bond acceptors (Lipinski definition) is 2. The lowest BCUT2D eigenvalue weighted by Crippen LogP contribution is -2.04. The minimum Gasteiger partial charge on any atom is -0.497 e. The van der Waals surface area contributed by atoms with E-state index in [9.17, 15) is 4.79 Å². The summed E-state index contributed by atoms with van der Waals surface area (Å²) in [4.78, 5) is 12.3. The molecule has 104 valence electrons. The van der Waals surface area contributed by atoms with Gasteiger partial charge in [0.05, 0.1) is 7.11 Å². The van der Waals surface area contributed by atoms with E-state index in [1.54, 1.807) is 7.11 Å². The summed E-state index contributed by atoms with van der Waals surface area (Å²) in [6.07, 6.45) is 1.26. The molecule has 0 bridgehead atoms. The van der Waals surface area contributed by atoms with E-state index in [4.69, 9.17) is 4.74 Å². The Bertz CT molecular complexity index is 615. The smallest absolute Gasteiger partial charge is 0.163 e. The van der Waals surface area contributed by atoms with Crippen molar-refractivity contribution >= 4 is 5.78 Å². The Morgan fingerprint density at radius 2 is 1.85 bits per heavy atom. The van der Waals surface area contributed by atoms with Crippen molar-refractivity contribution in [2.24, 2.45) is 0 Å². The van der Waals surface area contributed by atoms with Gasteiger partial charge in [0.2, 0.25) is 0 Å². The fraction of sp³-hybridized carbons (Fsp3) is 0.278. The zero-order valence-electron chi connectivity index (χ0n) is 12.3. The summed E-state index contributed by atoms with van der Waals surface area (Å²) < 4.78 is 5.20. The van der Waals surface area contributed by atoms with Crippen molar-refractivity contribution in [1.29, 1.82) is 0 Å². The highest BCUT2D eigenvalue weighted by atomic mass is 16.5. The molecule has 0 aliphatic heterocycles. The molecule has 0 amide bonds. The van der Waals surface area contributed by atoms with Gasteiger partial charge in [-0.05, 0) is 49.1 Å².